The van der Waals surface area contributed by atoms with Crippen LogP contribution >= 0.6 is 11.3 Å². The van der Waals surface area contributed by atoms with E-state index in [4.69, 9.17) is 10.5 Å². The molecule has 1 aromatic carbocycles. The van der Waals surface area contributed by atoms with Crippen LogP contribution in [0.4, 0.5) is 19.7 Å². The Morgan fingerprint density at radius 3 is 2.73 bits per heavy atom. The SMILES string of the molecule is C=C(c1c(/C(F)=C\C)sc(N)c1C#N)c1c2c(c3cnc(N4CCCC4)nc3c1F)COC2. The molecule has 2 aliphatic rings. The quantitative estimate of drug-likeness (QED) is 0.562. The Kier molecular flexibility index (Phi) is 5.35. The standard InChI is InChI=1S/C24H21F2N5OS/c1-3-17(25)22-19(13(8-27)23(28)33-22)12(2)18-16-11-32-10-15(16)14-9-29-24(30-21(14)20(18)26)31-6-4-5-7-31/h3,9H,2,4-7,10-11,28H2,1H3/b17-3+. The van der Waals surface area contributed by atoms with E-state index in [9.17, 15) is 9.65 Å². The molecule has 0 unspecified atom stereocenters. The van der Waals surface area contributed by atoms with Gasteiger partial charge in [0.15, 0.2) is 5.82 Å². The molecule has 9 heteroatoms. The first kappa shape index (κ1) is 21.5. The normalized spacial score (nSPS) is 15.8. The van der Waals surface area contributed by atoms with E-state index in [1.54, 1.807) is 13.1 Å². The number of nitrogens with two attached hydrogens (primary N) is 1. The number of nitrogen functional groups attached to an aromatic ring is 1. The van der Waals surface area contributed by atoms with Crippen LogP contribution in [0.15, 0.2) is 18.9 Å². The van der Waals surface area contributed by atoms with Crippen LogP contribution in [-0.2, 0) is 18.0 Å². The molecule has 33 heavy (non-hydrogen) atoms. The van der Waals surface area contributed by atoms with Gasteiger partial charge >= 0.3 is 0 Å². The molecule has 1 saturated heterocycles. The number of benzene rings is 1. The van der Waals surface area contributed by atoms with Gasteiger partial charge in [0, 0.05) is 35.8 Å². The number of hydrogen-bond acceptors (Lipinski definition) is 7. The highest BCUT2D eigenvalue weighted by Gasteiger charge is 2.31. The summed E-state index contributed by atoms with van der Waals surface area (Å²) in [6.07, 6.45) is 5.01. The van der Waals surface area contributed by atoms with E-state index >= 15 is 4.39 Å². The Hall–Kier alpha value is -3.35. The van der Waals surface area contributed by atoms with Crippen molar-refractivity contribution in [2.75, 3.05) is 23.7 Å². The lowest BCUT2D eigenvalue weighted by Gasteiger charge is -2.18. The molecule has 0 aliphatic carbocycles. The summed E-state index contributed by atoms with van der Waals surface area (Å²) in [5, 5.41) is 10.5. The summed E-state index contributed by atoms with van der Waals surface area (Å²) in [5.41, 5.74) is 8.24. The molecule has 0 bridgehead atoms. The fourth-order valence-corrected chi connectivity index (χ4v) is 5.57. The van der Waals surface area contributed by atoms with Gasteiger partial charge in [-0.05, 0) is 36.5 Å². The van der Waals surface area contributed by atoms with Gasteiger partial charge in [-0.1, -0.05) is 12.7 Å². The number of hydrogen-bond donors (Lipinski definition) is 1. The fourth-order valence-electron chi connectivity index (χ4n) is 4.56. The first-order chi connectivity index (χ1) is 16.0. The lowest BCUT2D eigenvalue weighted by Crippen LogP contribution is -2.20. The predicted molar refractivity (Wildman–Crippen MR) is 126 cm³/mol. The Morgan fingerprint density at radius 2 is 2.03 bits per heavy atom. The van der Waals surface area contributed by atoms with Gasteiger partial charge < -0.3 is 15.4 Å². The molecule has 2 aliphatic heterocycles. The molecule has 2 N–H and O–H groups in total. The lowest BCUT2D eigenvalue weighted by molar-refractivity contribution is 0.134. The van der Waals surface area contributed by atoms with E-state index in [-0.39, 0.29) is 50.9 Å². The minimum absolute atomic E-state index is 0.0876. The first-order valence-corrected chi connectivity index (χ1v) is 11.4. The second-order valence-electron chi connectivity index (χ2n) is 8.04. The van der Waals surface area contributed by atoms with E-state index < -0.39 is 11.6 Å². The number of halogens is 2. The molecule has 1 fully saturated rings. The number of ether oxygens (including phenoxy) is 1. The third-order valence-electron chi connectivity index (χ3n) is 6.20. The summed E-state index contributed by atoms with van der Waals surface area (Å²) in [6, 6.07) is 2.03. The highest BCUT2D eigenvalue weighted by molar-refractivity contribution is 7.17. The van der Waals surface area contributed by atoms with Gasteiger partial charge in [-0.2, -0.15) is 5.26 Å². The molecule has 0 atom stereocenters. The summed E-state index contributed by atoms with van der Waals surface area (Å²) in [5.74, 6) is -0.646. The smallest absolute Gasteiger partial charge is 0.225 e. The maximum atomic E-state index is 16.1. The summed E-state index contributed by atoms with van der Waals surface area (Å²) in [6.45, 7) is 7.75. The van der Waals surface area contributed by atoms with Crippen LogP contribution in [-0.4, -0.2) is 23.1 Å². The van der Waals surface area contributed by atoms with Gasteiger partial charge in [-0.15, -0.1) is 11.3 Å². The van der Waals surface area contributed by atoms with Gasteiger partial charge in [-0.25, -0.2) is 18.7 Å². The Bertz CT molecular complexity index is 1380. The van der Waals surface area contributed by atoms with Crippen molar-refractivity contribution in [3.05, 3.63) is 57.4 Å². The zero-order valence-electron chi connectivity index (χ0n) is 18.0. The molecule has 4 heterocycles. The Balaban J connectivity index is 1.76. The number of fused-ring (bicyclic) bond motifs is 3. The number of rotatable bonds is 4. The van der Waals surface area contributed by atoms with Crippen molar-refractivity contribution in [1.29, 1.82) is 5.26 Å². The van der Waals surface area contributed by atoms with Crippen molar-refractivity contribution in [2.45, 2.75) is 33.0 Å². The molecule has 0 saturated carbocycles. The summed E-state index contributed by atoms with van der Waals surface area (Å²) < 4.78 is 36.5. The zero-order chi connectivity index (χ0) is 23.3. The third kappa shape index (κ3) is 3.29. The van der Waals surface area contributed by atoms with Crippen LogP contribution in [0.3, 0.4) is 0 Å². The number of nitriles is 1. The van der Waals surface area contributed by atoms with Crippen LogP contribution in [0.25, 0.3) is 22.3 Å². The van der Waals surface area contributed by atoms with E-state index in [1.807, 2.05) is 11.0 Å². The van der Waals surface area contributed by atoms with E-state index in [0.29, 0.717) is 16.9 Å². The third-order valence-corrected chi connectivity index (χ3v) is 7.22. The molecular formula is C24H21F2N5OS. The first-order valence-electron chi connectivity index (χ1n) is 10.6. The van der Waals surface area contributed by atoms with Crippen molar-refractivity contribution in [1.82, 2.24) is 9.97 Å². The van der Waals surface area contributed by atoms with Gasteiger partial charge in [0.25, 0.3) is 0 Å². The van der Waals surface area contributed by atoms with Crippen LogP contribution in [0, 0.1) is 17.1 Å². The highest BCUT2D eigenvalue weighted by atomic mass is 32.1. The maximum absolute atomic E-state index is 16.1. The molecule has 0 radical (unpaired) electrons. The van der Waals surface area contributed by atoms with E-state index in [0.717, 1.165) is 42.8 Å². The molecule has 3 aromatic rings. The average Bonchev–Trinajstić information content (AvgIpc) is 3.58. The zero-order valence-corrected chi connectivity index (χ0v) is 18.9. The van der Waals surface area contributed by atoms with Gasteiger partial charge in [0.1, 0.15) is 22.4 Å². The van der Waals surface area contributed by atoms with E-state index in [2.05, 4.69) is 16.5 Å². The maximum Gasteiger partial charge on any atom is 0.225 e. The number of aromatic nitrogens is 2. The number of nitrogens with zero attached hydrogens (tertiary/aromatic N) is 4. The van der Waals surface area contributed by atoms with Gasteiger partial charge in [0.05, 0.1) is 23.7 Å². The Labute approximate surface area is 193 Å². The molecule has 0 amide bonds. The molecule has 6 nitrogen and oxygen atoms in total. The minimum atomic E-state index is -0.581. The van der Waals surface area contributed by atoms with E-state index in [1.165, 1.54) is 6.08 Å². The molecule has 0 spiro atoms. The topological polar surface area (TPSA) is 88.1 Å². The second-order valence-corrected chi connectivity index (χ2v) is 9.09. The minimum Gasteiger partial charge on any atom is -0.389 e. The predicted octanol–water partition coefficient (Wildman–Crippen LogP) is 5.31. The summed E-state index contributed by atoms with van der Waals surface area (Å²) in [4.78, 5) is 11.2. The molecule has 5 rings (SSSR count). The van der Waals surface area contributed by atoms with Crippen LogP contribution in [0.2, 0.25) is 0 Å². The van der Waals surface area contributed by atoms with Crippen molar-refractivity contribution >= 4 is 44.6 Å². The van der Waals surface area contributed by atoms with Crippen molar-refractivity contribution < 1.29 is 13.5 Å². The highest BCUT2D eigenvalue weighted by Crippen LogP contribution is 2.45. The van der Waals surface area contributed by atoms with Crippen LogP contribution < -0.4 is 10.6 Å². The average molecular weight is 466 g/mol. The Morgan fingerprint density at radius 1 is 1.30 bits per heavy atom. The van der Waals surface area contributed by atoms with Crippen LogP contribution in [0.1, 0.15) is 52.5 Å². The summed E-state index contributed by atoms with van der Waals surface area (Å²) in [7, 11) is 0. The number of thiophene rings is 1. The molecule has 2 aromatic heterocycles. The van der Waals surface area contributed by atoms with Crippen LogP contribution in [0.5, 0.6) is 0 Å². The monoisotopic (exact) mass is 465 g/mol. The molecular weight excluding hydrogens is 444 g/mol. The summed E-state index contributed by atoms with van der Waals surface area (Å²) >= 11 is 0.948. The second kappa shape index (κ2) is 8.21. The number of allylic oxidation sites excluding steroid dienone is 1. The van der Waals surface area contributed by atoms with Crippen molar-refractivity contribution in [2.24, 2.45) is 0 Å². The lowest BCUT2D eigenvalue weighted by atomic mass is 9.89. The number of anilines is 2. The molecule has 168 valence electrons. The van der Waals surface area contributed by atoms with Crippen molar-refractivity contribution in [3.8, 4) is 6.07 Å². The van der Waals surface area contributed by atoms with Gasteiger partial charge in [-0.3, -0.25) is 0 Å². The van der Waals surface area contributed by atoms with Crippen molar-refractivity contribution in [3.63, 3.8) is 0 Å². The van der Waals surface area contributed by atoms with Gasteiger partial charge in [0.2, 0.25) is 5.95 Å². The fraction of sp³-hybridized carbons (Fsp3) is 0.292. The largest absolute Gasteiger partial charge is 0.389 e.